The van der Waals surface area contributed by atoms with Crippen molar-refractivity contribution in [3.05, 3.63) is 35.4 Å². The van der Waals surface area contributed by atoms with E-state index in [-0.39, 0.29) is 0 Å². The monoisotopic (exact) mass is 237 g/mol. The van der Waals surface area contributed by atoms with Crippen LogP contribution >= 0.6 is 11.8 Å². The summed E-state index contributed by atoms with van der Waals surface area (Å²) in [6.45, 7) is 6.63. The largest absolute Gasteiger partial charge is 0.308 e. The summed E-state index contributed by atoms with van der Waals surface area (Å²) in [7, 11) is 0. The highest BCUT2D eigenvalue weighted by molar-refractivity contribution is 7.98. The second-order valence-electron chi connectivity index (χ2n) is 4.48. The second-order valence-corrected chi connectivity index (χ2v) is 5.47. The normalized spacial score (nSPS) is 14.8. The van der Waals surface area contributed by atoms with Crippen LogP contribution in [0.15, 0.2) is 24.3 Å². The van der Waals surface area contributed by atoms with E-state index in [2.05, 4.69) is 56.6 Å². The molecule has 2 unspecified atom stereocenters. The summed E-state index contributed by atoms with van der Waals surface area (Å²) in [5.74, 6) is 1.23. The standard InChI is InChI=1S/C14H23NS/c1-11-5-7-14(8-6-11)13(3)15-12(2)9-10-16-4/h5-8,12-13,15H,9-10H2,1-4H3. The quantitative estimate of drug-likeness (QED) is 0.808. The van der Waals surface area contributed by atoms with Crippen molar-refractivity contribution < 1.29 is 0 Å². The van der Waals surface area contributed by atoms with Crippen LogP contribution in [0.3, 0.4) is 0 Å². The molecular weight excluding hydrogens is 214 g/mol. The van der Waals surface area contributed by atoms with Crippen molar-refractivity contribution in [3.63, 3.8) is 0 Å². The van der Waals surface area contributed by atoms with Gasteiger partial charge in [-0.25, -0.2) is 0 Å². The molecule has 16 heavy (non-hydrogen) atoms. The van der Waals surface area contributed by atoms with E-state index < -0.39 is 0 Å². The Morgan fingerprint density at radius 3 is 2.38 bits per heavy atom. The molecular formula is C14H23NS. The van der Waals surface area contributed by atoms with Gasteiger partial charge < -0.3 is 5.32 Å². The predicted octanol–water partition coefficient (Wildman–Crippen LogP) is 3.79. The van der Waals surface area contributed by atoms with Crippen molar-refractivity contribution in [1.82, 2.24) is 5.32 Å². The SMILES string of the molecule is CSCCC(C)NC(C)c1ccc(C)cc1. The molecule has 0 radical (unpaired) electrons. The average molecular weight is 237 g/mol. The van der Waals surface area contributed by atoms with Crippen molar-refractivity contribution in [2.45, 2.75) is 39.3 Å². The van der Waals surface area contributed by atoms with Gasteiger partial charge in [-0.2, -0.15) is 11.8 Å². The second kappa shape index (κ2) is 6.97. The van der Waals surface area contributed by atoms with E-state index in [1.165, 1.54) is 23.3 Å². The minimum atomic E-state index is 0.442. The molecule has 0 aliphatic heterocycles. The molecule has 90 valence electrons. The number of thioether (sulfide) groups is 1. The Morgan fingerprint density at radius 2 is 1.81 bits per heavy atom. The molecule has 0 amide bonds. The third kappa shape index (κ3) is 4.58. The van der Waals surface area contributed by atoms with Crippen LogP contribution in [-0.4, -0.2) is 18.1 Å². The van der Waals surface area contributed by atoms with Crippen LogP contribution in [0.5, 0.6) is 0 Å². The molecule has 0 aliphatic carbocycles. The Bertz CT molecular complexity index is 294. The van der Waals surface area contributed by atoms with Gasteiger partial charge in [0.05, 0.1) is 0 Å². The Labute approximate surface area is 104 Å². The van der Waals surface area contributed by atoms with E-state index >= 15 is 0 Å². The zero-order chi connectivity index (χ0) is 12.0. The smallest absolute Gasteiger partial charge is 0.0294 e. The molecule has 0 saturated carbocycles. The maximum atomic E-state index is 3.64. The molecule has 0 spiro atoms. The van der Waals surface area contributed by atoms with E-state index in [1.807, 2.05) is 11.8 Å². The number of nitrogens with one attached hydrogen (secondary N) is 1. The first-order valence-electron chi connectivity index (χ1n) is 5.95. The zero-order valence-corrected chi connectivity index (χ0v) is 11.6. The van der Waals surface area contributed by atoms with Gasteiger partial charge in [-0.1, -0.05) is 29.8 Å². The topological polar surface area (TPSA) is 12.0 Å². The number of rotatable bonds is 6. The fourth-order valence-corrected chi connectivity index (χ4v) is 2.35. The summed E-state index contributed by atoms with van der Waals surface area (Å²) in [5, 5.41) is 3.64. The lowest BCUT2D eigenvalue weighted by Gasteiger charge is -2.20. The first-order chi connectivity index (χ1) is 7.63. The molecule has 1 N–H and O–H groups in total. The molecule has 2 heteroatoms. The highest BCUT2D eigenvalue weighted by Gasteiger charge is 2.08. The third-order valence-electron chi connectivity index (χ3n) is 2.87. The van der Waals surface area contributed by atoms with E-state index in [9.17, 15) is 0 Å². The van der Waals surface area contributed by atoms with Crippen molar-refractivity contribution >= 4 is 11.8 Å². The summed E-state index contributed by atoms with van der Waals surface area (Å²) in [6.07, 6.45) is 3.40. The van der Waals surface area contributed by atoms with Crippen LogP contribution in [0, 0.1) is 6.92 Å². The van der Waals surface area contributed by atoms with Gasteiger partial charge in [0, 0.05) is 12.1 Å². The summed E-state index contributed by atoms with van der Waals surface area (Å²) < 4.78 is 0. The van der Waals surface area contributed by atoms with Gasteiger partial charge in [0.25, 0.3) is 0 Å². The summed E-state index contributed by atoms with van der Waals surface area (Å²) >= 11 is 1.91. The van der Waals surface area contributed by atoms with Crippen LogP contribution in [0.2, 0.25) is 0 Å². The lowest BCUT2D eigenvalue weighted by molar-refractivity contribution is 0.471. The molecule has 0 fully saturated rings. The van der Waals surface area contributed by atoms with Crippen LogP contribution < -0.4 is 5.32 Å². The van der Waals surface area contributed by atoms with Gasteiger partial charge in [0.1, 0.15) is 0 Å². The van der Waals surface area contributed by atoms with E-state index in [1.54, 1.807) is 0 Å². The molecule has 0 bridgehead atoms. The summed E-state index contributed by atoms with van der Waals surface area (Å²) in [4.78, 5) is 0. The Balaban J connectivity index is 2.45. The van der Waals surface area contributed by atoms with Crippen LogP contribution in [0.25, 0.3) is 0 Å². The molecule has 1 aromatic carbocycles. The Morgan fingerprint density at radius 1 is 1.19 bits per heavy atom. The highest BCUT2D eigenvalue weighted by Crippen LogP contribution is 2.14. The van der Waals surface area contributed by atoms with Crippen LogP contribution in [0.1, 0.15) is 37.4 Å². The van der Waals surface area contributed by atoms with Crippen molar-refractivity contribution in [2.24, 2.45) is 0 Å². The van der Waals surface area contributed by atoms with Crippen molar-refractivity contribution in [2.75, 3.05) is 12.0 Å². The molecule has 0 aromatic heterocycles. The number of benzene rings is 1. The van der Waals surface area contributed by atoms with Gasteiger partial charge in [-0.15, -0.1) is 0 Å². The lowest BCUT2D eigenvalue weighted by atomic mass is 10.1. The van der Waals surface area contributed by atoms with Gasteiger partial charge in [-0.05, 0) is 44.8 Å². The van der Waals surface area contributed by atoms with E-state index in [4.69, 9.17) is 0 Å². The third-order valence-corrected chi connectivity index (χ3v) is 3.51. The first-order valence-corrected chi connectivity index (χ1v) is 7.34. The van der Waals surface area contributed by atoms with Gasteiger partial charge in [0.15, 0.2) is 0 Å². The fourth-order valence-electron chi connectivity index (χ4n) is 1.76. The summed E-state index contributed by atoms with van der Waals surface area (Å²) in [5.41, 5.74) is 2.70. The zero-order valence-electron chi connectivity index (χ0n) is 10.8. The molecule has 2 atom stereocenters. The van der Waals surface area contributed by atoms with E-state index in [0.29, 0.717) is 12.1 Å². The number of hydrogen-bond acceptors (Lipinski definition) is 2. The molecule has 0 heterocycles. The molecule has 1 nitrogen and oxygen atoms in total. The van der Waals surface area contributed by atoms with Gasteiger partial charge in [0.2, 0.25) is 0 Å². The Hall–Kier alpha value is -0.470. The van der Waals surface area contributed by atoms with Crippen molar-refractivity contribution in [1.29, 1.82) is 0 Å². The van der Waals surface area contributed by atoms with Gasteiger partial charge in [-0.3, -0.25) is 0 Å². The fraction of sp³-hybridized carbons (Fsp3) is 0.571. The minimum absolute atomic E-state index is 0.442. The summed E-state index contributed by atoms with van der Waals surface area (Å²) in [6, 6.07) is 9.82. The minimum Gasteiger partial charge on any atom is -0.308 e. The highest BCUT2D eigenvalue weighted by atomic mass is 32.2. The predicted molar refractivity (Wildman–Crippen MR) is 75.2 cm³/mol. The molecule has 0 saturated heterocycles. The van der Waals surface area contributed by atoms with Crippen LogP contribution in [-0.2, 0) is 0 Å². The molecule has 1 aromatic rings. The van der Waals surface area contributed by atoms with Gasteiger partial charge >= 0.3 is 0 Å². The lowest BCUT2D eigenvalue weighted by Crippen LogP contribution is -2.29. The molecule has 1 rings (SSSR count). The van der Waals surface area contributed by atoms with Crippen molar-refractivity contribution in [3.8, 4) is 0 Å². The maximum absolute atomic E-state index is 3.64. The number of hydrogen-bond donors (Lipinski definition) is 1. The first kappa shape index (κ1) is 13.6. The maximum Gasteiger partial charge on any atom is 0.0294 e. The number of aryl methyl sites for hydroxylation is 1. The average Bonchev–Trinajstić information content (AvgIpc) is 2.27. The van der Waals surface area contributed by atoms with E-state index in [0.717, 1.165) is 0 Å². The molecule has 0 aliphatic rings. The Kier molecular flexibility index (Phi) is 5.93. The van der Waals surface area contributed by atoms with Crippen LogP contribution in [0.4, 0.5) is 0 Å².